The van der Waals surface area contributed by atoms with E-state index in [4.69, 9.17) is 0 Å². The van der Waals surface area contributed by atoms with Crippen molar-refractivity contribution in [2.45, 2.75) is 26.3 Å². The molecule has 0 bridgehead atoms. The Bertz CT molecular complexity index is 337. The summed E-state index contributed by atoms with van der Waals surface area (Å²) >= 11 is 0. The van der Waals surface area contributed by atoms with Gasteiger partial charge in [-0.05, 0) is 24.5 Å². The lowest BCUT2D eigenvalue weighted by atomic mass is 9.99. The van der Waals surface area contributed by atoms with Crippen LogP contribution in [0.4, 0.5) is 0 Å². The van der Waals surface area contributed by atoms with E-state index in [1.54, 1.807) is 0 Å². The molecule has 1 atom stereocenters. The topological polar surface area (TPSA) is 20.2 Å². The first-order chi connectivity index (χ1) is 8.18. The zero-order valence-electron chi connectivity index (χ0n) is 11.3. The number of rotatable bonds is 4. The Labute approximate surface area is 105 Å². The van der Waals surface area contributed by atoms with Crippen molar-refractivity contribution in [1.29, 1.82) is 0 Å². The molecule has 1 aromatic heterocycles. The number of nitrogens with one attached hydrogen (secondary N) is 1. The highest BCUT2D eigenvalue weighted by Crippen LogP contribution is 2.27. The van der Waals surface area contributed by atoms with E-state index in [0.29, 0.717) is 6.04 Å². The first kappa shape index (κ1) is 12.7. The number of hydrogen-bond donors (Lipinski definition) is 1. The Kier molecular flexibility index (Phi) is 4.24. The molecule has 1 fully saturated rings. The van der Waals surface area contributed by atoms with Gasteiger partial charge in [0.25, 0.3) is 0 Å². The molecule has 17 heavy (non-hydrogen) atoms. The van der Waals surface area contributed by atoms with Crippen molar-refractivity contribution in [3.8, 4) is 0 Å². The van der Waals surface area contributed by atoms with Crippen LogP contribution in [0.2, 0.25) is 0 Å². The third-order valence-electron chi connectivity index (χ3n) is 3.61. The van der Waals surface area contributed by atoms with E-state index in [-0.39, 0.29) is 0 Å². The van der Waals surface area contributed by atoms with Gasteiger partial charge in [0.2, 0.25) is 0 Å². The zero-order valence-corrected chi connectivity index (χ0v) is 11.3. The highest BCUT2D eigenvalue weighted by atomic mass is 15.2. The number of aromatic nitrogens is 1. The highest BCUT2D eigenvalue weighted by Gasteiger charge is 2.24. The molecule has 0 amide bonds. The molecule has 1 N–H and O–H groups in total. The minimum Gasteiger partial charge on any atom is -0.353 e. The molecule has 0 saturated carbocycles. The van der Waals surface area contributed by atoms with E-state index < -0.39 is 0 Å². The molecule has 0 unspecified atom stereocenters. The molecule has 2 rings (SSSR count). The second-order valence-corrected chi connectivity index (χ2v) is 5.48. The largest absolute Gasteiger partial charge is 0.353 e. The first-order valence-corrected chi connectivity index (χ1v) is 6.74. The Hall–Kier alpha value is -0.800. The Morgan fingerprint density at radius 1 is 1.29 bits per heavy atom. The van der Waals surface area contributed by atoms with Crippen LogP contribution < -0.4 is 5.32 Å². The monoisotopic (exact) mass is 235 g/mol. The maximum Gasteiger partial charge on any atom is 0.0503 e. The lowest BCUT2D eigenvalue weighted by molar-refractivity contribution is 0.148. The number of nitrogens with zero attached hydrogens (tertiary/aromatic N) is 2. The summed E-state index contributed by atoms with van der Waals surface area (Å²) in [5, 5.41) is 3.43. The van der Waals surface area contributed by atoms with E-state index in [0.717, 1.165) is 19.0 Å². The van der Waals surface area contributed by atoms with Crippen LogP contribution in [-0.2, 0) is 7.05 Å². The van der Waals surface area contributed by atoms with Crippen LogP contribution in [0.1, 0.15) is 32.0 Å². The predicted octanol–water partition coefficient (Wildman–Crippen LogP) is 2.02. The number of aryl methyl sites for hydroxylation is 1. The van der Waals surface area contributed by atoms with Gasteiger partial charge in [0.1, 0.15) is 0 Å². The molecular formula is C14H25N3. The summed E-state index contributed by atoms with van der Waals surface area (Å²) in [6.45, 7) is 9.22. The van der Waals surface area contributed by atoms with Gasteiger partial charge in [0.05, 0.1) is 6.04 Å². The maximum atomic E-state index is 3.43. The summed E-state index contributed by atoms with van der Waals surface area (Å²) in [6.07, 6.45) is 3.41. The van der Waals surface area contributed by atoms with Crippen molar-refractivity contribution < 1.29 is 0 Å². The van der Waals surface area contributed by atoms with Crippen LogP contribution in [0.3, 0.4) is 0 Å². The highest BCUT2D eigenvalue weighted by molar-refractivity contribution is 5.12. The van der Waals surface area contributed by atoms with E-state index in [1.807, 2.05) is 0 Å². The van der Waals surface area contributed by atoms with Gasteiger partial charge in [-0.2, -0.15) is 0 Å². The van der Waals surface area contributed by atoms with Gasteiger partial charge in [-0.15, -0.1) is 0 Å². The normalized spacial score (nSPS) is 19.8. The molecule has 3 nitrogen and oxygen atoms in total. The third-order valence-corrected chi connectivity index (χ3v) is 3.61. The number of hydrogen-bond acceptors (Lipinski definition) is 2. The van der Waals surface area contributed by atoms with E-state index >= 15 is 0 Å². The fraction of sp³-hybridized carbons (Fsp3) is 0.714. The van der Waals surface area contributed by atoms with Crippen molar-refractivity contribution in [3.63, 3.8) is 0 Å². The van der Waals surface area contributed by atoms with Crippen LogP contribution in [0.15, 0.2) is 18.3 Å². The molecule has 1 aromatic rings. The van der Waals surface area contributed by atoms with Gasteiger partial charge in [-0.25, -0.2) is 0 Å². The Morgan fingerprint density at radius 3 is 2.53 bits per heavy atom. The standard InChI is InChI=1S/C14H25N3/c1-12(2)11-14(13-5-4-8-16(13)3)17-9-6-15-7-10-17/h4-5,8,12,14-15H,6-7,9-11H2,1-3H3/t14-/m0/s1. The molecule has 0 radical (unpaired) electrons. The molecule has 0 aromatic carbocycles. The molecule has 1 saturated heterocycles. The van der Waals surface area contributed by atoms with E-state index in [2.05, 4.69) is 54.0 Å². The summed E-state index contributed by atoms with van der Waals surface area (Å²) in [5.41, 5.74) is 1.46. The average Bonchev–Trinajstić information content (AvgIpc) is 2.73. The van der Waals surface area contributed by atoms with Crippen LogP contribution in [0.25, 0.3) is 0 Å². The van der Waals surface area contributed by atoms with Gasteiger partial charge in [-0.3, -0.25) is 4.90 Å². The molecule has 3 heteroatoms. The molecule has 96 valence electrons. The summed E-state index contributed by atoms with van der Waals surface area (Å²) in [7, 11) is 2.16. The predicted molar refractivity (Wildman–Crippen MR) is 72.1 cm³/mol. The fourth-order valence-corrected chi connectivity index (χ4v) is 2.72. The van der Waals surface area contributed by atoms with Gasteiger partial charge in [-0.1, -0.05) is 13.8 Å². The van der Waals surface area contributed by atoms with E-state index in [1.165, 1.54) is 25.2 Å². The van der Waals surface area contributed by atoms with Gasteiger partial charge in [0.15, 0.2) is 0 Å². The molecular weight excluding hydrogens is 210 g/mol. The summed E-state index contributed by atoms with van der Waals surface area (Å²) in [4.78, 5) is 2.63. The molecule has 2 heterocycles. The molecule has 0 spiro atoms. The van der Waals surface area contributed by atoms with Crippen molar-refractivity contribution in [3.05, 3.63) is 24.0 Å². The minimum atomic E-state index is 0.581. The van der Waals surface area contributed by atoms with Gasteiger partial charge < -0.3 is 9.88 Å². The maximum absolute atomic E-state index is 3.43. The zero-order chi connectivity index (χ0) is 12.3. The molecule has 1 aliphatic rings. The van der Waals surface area contributed by atoms with Crippen molar-refractivity contribution in [2.75, 3.05) is 26.2 Å². The minimum absolute atomic E-state index is 0.581. The Morgan fingerprint density at radius 2 is 2.00 bits per heavy atom. The smallest absolute Gasteiger partial charge is 0.0503 e. The number of piperazine rings is 1. The third kappa shape index (κ3) is 3.11. The lowest BCUT2D eigenvalue weighted by Crippen LogP contribution is -2.45. The quantitative estimate of drug-likeness (QED) is 0.861. The summed E-state index contributed by atoms with van der Waals surface area (Å²) in [5.74, 6) is 0.741. The Balaban J connectivity index is 2.15. The summed E-state index contributed by atoms with van der Waals surface area (Å²) < 4.78 is 2.27. The second-order valence-electron chi connectivity index (χ2n) is 5.48. The molecule has 1 aliphatic heterocycles. The van der Waals surface area contributed by atoms with Crippen LogP contribution >= 0.6 is 0 Å². The summed E-state index contributed by atoms with van der Waals surface area (Å²) in [6, 6.07) is 5.01. The van der Waals surface area contributed by atoms with Crippen LogP contribution in [0, 0.1) is 5.92 Å². The van der Waals surface area contributed by atoms with Crippen molar-refractivity contribution in [1.82, 2.24) is 14.8 Å². The van der Waals surface area contributed by atoms with Gasteiger partial charge in [0, 0.05) is 45.1 Å². The molecule has 0 aliphatic carbocycles. The fourth-order valence-electron chi connectivity index (χ4n) is 2.72. The average molecular weight is 235 g/mol. The van der Waals surface area contributed by atoms with E-state index in [9.17, 15) is 0 Å². The SMILES string of the molecule is CC(C)C[C@@H](c1cccn1C)N1CCNCC1. The second kappa shape index (κ2) is 5.69. The van der Waals surface area contributed by atoms with Crippen LogP contribution in [-0.4, -0.2) is 35.6 Å². The van der Waals surface area contributed by atoms with Crippen molar-refractivity contribution in [2.24, 2.45) is 13.0 Å². The van der Waals surface area contributed by atoms with Gasteiger partial charge >= 0.3 is 0 Å². The lowest BCUT2D eigenvalue weighted by Gasteiger charge is -2.36. The first-order valence-electron chi connectivity index (χ1n) is 6.74. The van der Waals surface area contributed by atoms with Crippen molar-refractivity contribution >= 4 is 0 Å². The van der Waals surface area contributed by atoms with Crippen LogP contribution in [0.5, 0.6) is 0 Å².